The first-order chi connectivity index (χ1) is 23.3. The van der Waals surface area contributed by atoms with Gasteiger partial charge in [-0.3, -0.25) is 0 Å². The summed E-state index contributed by atoms with van der Waals surface area (Å²) in [6, 6.07) is 20.6. The Morgan fingerprint density at radius 2 is 1.90 bits per heavy atom. The van der Waals surface area contributed by atoms with Crippen LogP contribution in [0.3, 0.4) is 0 Å². The van der Waals surface area contributed by atoms with E-state index in [1.165, 1.54) is 6.07 Å². The molecule has 3 aromatic carbocycles. The molecule has 10 nitrogen and oxygen atoms in total. The third kappa shape index (κ3) is 6.42. The number of fused-ring (bicyclic) bond motifs is 2. The number of nitrogens with zero attached hydrogens (tertiary/aromatic N) is 6. The summed E-state index contributed by atoms with van der Waals surface area (Å²) in [7, 11) is 0. The van der Waals surface area contributed by atoms with E-state index in [0.717, 1.165) is 53.0 Å². The molecule has 2 aliphatic heterocycles. The second-order valence-corrected chi connectivity index (χ2v) is 13.2. The number of nitriles is 1. The van der Waals surface area contributed by atoms with Gasteiger partial charge in [-0.1, -0.05) is 60.1 Å². The van der Waals surface area contributed by atoms with Crippen molar-refractivity contribution in [1.29, 1.82) is 5.26 Å². The van der Waals surface area contributed by atoms with E-state index < -0.39 is 23.5 Å². The molecule has 7 rings (SSSR count). The molecule has 1 atom stereocenters. The van der Waals surface area contributed by atoms with Crippen molar-refractivity contribution in [3.63, 3.8) is 0 Å². The Morgan fingerprint density at radius 1 is 1.06 bits per heavy atom. The number of rotatable bonds is 8. The predicted octanol–water partition coefficient (Wildman–Crippen LogP) is 5.99. The van der Waals surface area contributed by atoms with Crippen LogP contribution in [0.4, 0.5) is 20.7 Å². The molecule has 0 spiro atoms. The fourth-order valence-electron chi connectivity index (χ4n) is 6.83. The monoisotopic (exact) mass is 669 g/mol. The van der Waals surface area contributed by atoms with Crippen molar-refractivity contribution >= 4 is 40.0 Å². The third-order valence-electron chi connectivity index (χ3n) is 9.66. The predicted molar refractivity (Wildman–Crippen MR) is 182 cm³/mol. The number of ether oxygens (including phenoxy) is 2. The molecule has 248 valence electrons. The van der Waals surface area contributed by atoms with Gasteiger partial charge in [-0.2, -0.15) is 15.2 Å². The van der Waals surface area contributed by atoms with E-state index >= 15 is 0 Å². The zero-order valence-electron chi connectivity index (χ0n) is 26.6. The number of hydrogen-bond acceptors (Lipinski definition) is 9. The lowest BCUT2D eigenvalue weighted by Crippen LogP contribution is -2.56. The van der Waals surface area contributed by atoms with Crippen LogP contribution in [0, 0.1) is 17.1 Å². The van der Waals surface area contributed by atoms with Gasteiger partial charge < -0.3 is 29.9 Å². The fourth-order valence-corrected chi connectivity index (χ4v) is 7.10. The largest absolute Gasteiger partial charge is 0.461 e. The summed E-state index contributed by atoms with van der Waals surface area (Å²) < 4.78 is 26.4. The molecule has 3 aliphatic rings. The van der Waals surface area contributed by atoms with Crippen molar-refractivity contribution in [2.75, 3.05) is 42.6 Å². The molecule has 1 unspecified atom stereocenters. The maximum atomic E-state index is 14.6. The minimum absolute atomic E-state index is 0.0961. The first kappa shape index (κ1) is 31.9. The van der Waals surface area contributed by atoms with E-state index in [9.17, 15) is 14.4 Å². The summed E-state index contributed by atoms with van der Waals surface area (Å²) in [6.07, 6.45) is 3.16. The minimum atomic E-state index is -0.462. The Bertz CT molecular complexity index is 1870. The van der Waals surface area contributed by atoms with Gasteiger partial charge in [0.2, 0.25) is 0 Å². The zero-order chi connectivity index (χ0) is 33.3. The quantitative estimate of drug-likeness (QED) is 0.241. The normalized spacial score (nSPS) is 18.5. The lowest BCUT2D eigenvalue weighted by atomic mass is 9.78. The Morgan fingerprint density at radius 3 is 2.67 bits per heavy atom. The number of nitrogens with two attached hydrogens (primary N) is 1. The van der Waals surface area contributed by atoms with Crippen LogP contribution >= 0.6 is 11.6 Å². The summed E-state index contributed by atoms with van der Waals surface area (Å²) >= 11 is 6.50. The minimum Gasteiger partial charge on any atom is -0.461 e. The number of hydrogen-bond donors (Lipinski definition) is 1. The van der Waals surface area contributed by atoms with Gasteiger partial charge in [0.1, 0.15) is 24.8 Å². The second kappa shape index (κ2) is 13.5. The highest BCUT2D eigenvalue weighted by molar-refractivity contribution is 6.36. The van der Waals surface area contributed by atoms with E-state index in [-0.39, 0.29) is 24.1 Å². The number of aromatic nitrogens is 2. The van der Waals surface area contributed by atoms with Gasteiger partial charge >= 0.3 is 12.1 Å². The van der Waals surface area contributed by atoms with Crippen LogP contribution in [-0.4, -0.2) is 65.3 Å². The van der Waals surface area contributed by atoms with E-state index in [4.69, 9.17) is 36.8 Å². The van der Waals surface area contributed by atoms with Gasteiger partial charge in [-0.15, -0.1) is 0 Å². The molecule has 3 heterocycles. The number of carbonyl (C=O) groups is 1. The molecule has 4 aromatic rings. The van der Waals surface area contributed by atoms with Crippen LogP contribution in [0.1, 0.15) is 42.5 Å². The van der Waals surface area contributed by atoms with Crippen molar-refractivity contribution in [2.45, 2.75) is 56.8 Å². The summed E-state index contributed by atoms with van der Waals surface area (Å²) in [6.45, 7) is 2.81. The average Bonchev–Trinajstić information content (AvgIpc) is 3.10. The van der Waals surface area contributed by atoms with Gasteiger partial charge in [0, 0.05) is 42.8 Å². The summed E-state index contributed by atoms with van der Waals surface area (Å²) in [5.74, 6) is 0.271. The van der Waals surface area contributed by atoms with Crippen LogP contribution < -0.4 is 20.3 Å². The fraction of sp³-hybridized carbons (Fsp3) is 0.389. The molecule has 1 aliphatic carbocycles. The highest BCUT2D eigenvalue weighted by Crippen LogP contribution is 2.38. The Balaban J connectivity index is 1.17. The van der Waals surface area contributed by atoms with Crippen LogP contribution in [0.5, 0.6) is 6.01 Å². The maximum absolute atomic E-state index is 14.6. The molecule has 2 N–H and O–H groups in total. The maximum Gasteiger partial charge on any atom is 0.410 e. The number of amides is 1. The standard InChI is InChI=1S/C36H37ClFN7O3/c37-32-28(38)11-10-25-8-4-9-30(31(25)32)43-17-13-27-29(21-43)41-34(48-23-36(40)14-5-15-36)42-33(27)44-18-19-45(26(20-44)12-16-39)35(46)47-22-24-6-2-1-3-7-24/h1-4,6-11,26H,5,12-15,17-23,40H2. The number of carbonyl (C=O) groups excluding carboxylic acids is 1. The van der Waals surface area contributed by atoms with Gasteiger partial charge in [-0.25, -0.2) is 9.18 Å². The zero-order valence-corrected chi connectivity index (χ0v) is 27.3. The van der Waals surface area contributed by atoms with Gasteiger partial charge in [0.15, 0.2) is 0 Å². The first-order valence-corrected chi connectivity index (χ1v) is 16.7. The van der Waals surface area contributed by atoms with Gasteiger partial charge in [0.05, 0.1) is 41.3 Å². The van der Waals surface area contributed by atoms with Crippen LogP contribution in [0.2, 0.25) is 5.02 Å². The van der Waals surface area contributed by atoms with E-state index in [2.05, 4.69) is 15.9 Å². The summed E-state index contributed by atoms with van der Waals surface area (Å²) in [5.41, 5.74) is 9.60. The van der Waals surface area contributed by atoms with Crippen LogP contribution in [0.15, 0.2) is 60.7 Å². The smallest absolute Gasteiger partial charge is 0.410 e. The van der Waals surface area contributed by atoms with Gasteiger partial charge in [0.25, 0.3) is 0 Å². The van der Waals surface area contributed by atoms with Gasteiger partial charge in [-0.05, 0) is 48.8 Å². The Kier molecular flexibility index (Phi) is 8.94. The first-order valence-electron chi connectivity index (χ1n) is 16.3. The second-order valence-electron chi connectivity index (χ2n) is 12.9. The third-order valence-corrected chi connectivity index (χ3v) is 10.0. The average molecular weight is 670 g/mol. The molecule has 2 fully saturated rings. The lowest BCUT2D eigenvalue weighted by Gasteiger charge is -2.42. The van der Waals surface area contributed by atoms with Crippen LogP contribution in [-0.2, 0) is 24.3 Å². The molecule has 1 aromatic heterocycles. The lowest BCUT2D eigenvalue weighted by molar-refractivity contribution is 0.0767. The number of anilines is 2. The molecule has 1 saturated carbocycles. The van der Waals surface area contributed by atoms with Crippen molar-refractivity contribution in [3.8, 4) is 12.1 Å². The molecule has 0 bridgehead atoms. The Hall–Kier alpha value is -4.66. The Labute approximate surface area is 283 Å². The molecular formula is C36H37ClFN7O3. The van der Waals surface area contributed by atoms with Crippen molar-refractivity contribution in [3.05, 3.63) is 88.3 Å². The van der Waals surface area contributed by atoms with Crippen molar-refractivity contribution in [1.82, 2.24) is 14.9 Å². The molecule has 48 heavy (non-hydrogen) atoms. The molecule has 1 saturated heterocycles. The molecule has 0 radical (unpaired) electrons. The SMILES string of the molecule is N#CCC1CN(c2nc(OCC3(N)CCC3)nc3c2CCN(c2cccc4ccc(F)c(Cl)c24)C3)CCN1C(=O)OCc1ccccc1. The highest BCUT2D eigenvalue weighted by atomic mass is 35.5. The molecule has 1 amide bonds. The number of halogens is 2. The number of benzene rings is 3. The van der Waals surface area contributed by atoms with Crippen molar-refractivity contribution in [2.24, 2.45) is 5.73 Å². The van der Waals surface area contributed by atoms with E-state index in [0.29, 0.717) is 51.1 Å². The molecule has 12 heteroatoms. The highest BCUT2D eigenvalue weighted by Gasteiger charge is 2.36. The molecular weight excluding hydrogens is 633 g/mol. The number of piperazine rings is 1. The van der Waals surface area contributed by atoms with E-state index in [1.807, 2.05) is 48.5 Å². The van der Waals surface area contributed by atoms with E-state index in [1.54, 1.807) is 11.0 Å². The van der Waals surface area contributed by atoms with Crippen LogP contribution in [0.25, 0.3) is 10.8 Å². The summed E-state index contributed by atoms with van der Waals surface area (Å²) in [4.78, 5) is 28.9. The van der Waals surface area contributed by atoms with Crippen molar-refractivity contribution < 1.29 is 18.7 Å². The topological polar surface area (TPSA) is 121 Å². The summed E-state index contributed by atoms with van der Waals surface area (Å²) in [5, 5.41) is 11.3.